The SMILES string of the molecule is CCOc1ccc(C(=O)C[N+]2=C(CC)c3cccn3CC2)cc1. The Kier molecular flexibility index (Phi) is 4.60. The number of benzene rings is 1. The quantitative estimate of drug-likeness (QED) is 0.607. The smallest absolute Gasteiger partial charge is 0.227 e. The molecule has 0 amide bonds. The van der Waals surface area contributed by atoms with Gasteiger partial charge in [0.1, 0.15) is 11.4 Å². The van der Waals surface area contributed by atoms with Gasteiger partial charge < -0.3 is 9.30 Å². The van der Waals surface area contributed by atoms with E-state index in [1.54, 1.807) is 0 Å². The second kappa shape index (κ2) is 6.82. The fourth-order valence-electron chi connectivity index (χ4n) is 3.14. The van der Waals surface area contributed by atoms with Crippen LogP contribution in [0.2, 0.25) is 0 Å². The molecule has 0 atom stereocenters. The lowest BCUT2D eigenvalue weighted by Crippen LogP contribution is -2.35. The van der Waals surface area contributed by atoms with Gasteiger partial charge in [-0.1, -0.05) is 6.92 Å². The molecule has 120 valence electrons. The summed E-state index contributed by atoms with van der Waals surface area (Å²) >= 11 is 0. The van der Waals surface area contributed by atoms with Gasteiger partial charge in [-0.2, -0.15) is 0 Å². The maximum atomic E-state index is 12.6. The van der Waals surface area contributed by atoms with Crippen LogP contribution < -0.4 is 4.74 Å². The topological polar surface area (TPSA) is 34.2 Å². The largest absolute Gasteiger partial charge is 0.494 e. The number of fused-ring (bicyclic) bond motifs is 1. The first kappa shape index (κ1) is 15.5. The van der Waals surface area contributed by atoms with Gasteiger partial charge in [0.15, 0.2) is 12.3 Å². The fourth-order valence-corrected chi connectivity index (χ4v) is 3.14. The van der Waals surface area contributed by atoms with Crippen molar-refractivity contribution in [3.8, 4) is 5.75 Å². The Hall–Kier alpha value is -2.36. The van der Waals surface area contributed by atoms with Crippen LogP contribution in [0.3, 0.4) is 0 Å². The number of carbonyl (C=O) groups is 1. The van der Waals surface area contributed by atoms with Gasteiger partial charge in [-0.3, -0.25) is 4.79 Å². The Morgan fingerprint density at radius 1 is 1.22 bits per heavy atom. The summed E-state index contributed by atoms with van der Waals surface area (Å²) < 4.78 is 9.90. The zero-order chi connectivity index (χ0) is 16.2. The van der Waals surface area contributed by atoms with E-state index in [4.69, 9.17) is 4.74 Å². The zero-order valence-corrected chi connectivity index (χ0v) is 13.8. The van der Waals surface area contributed by atoms with Crippen molar-refractivity contribution in [3.63, 3.8) is 0 Å². The lowest BCUT2D eigenvalue weighted by Gasteiger charge is -2.17. The van der Waals surface area contributed by atoms with E-state index in [0.29, 0.717) is 13.2 Å². The maximum Gasteiger partial charge on any atom is 0.227 e. The number of Topliss-reactive ketones (excluding diaryl/α,β-unsaturated/α-hetero) is 1. The van der Waals surface area contributed by atoms with Gasteiger partial charge in [0, 0.05) is 18.2 Å². The van der Waals surface area contributed by atoms with E-state index in [1.807, 2.05) is 31.2 Å². The minimum atomic E-state index is 0.152. The fraction of sp³-hybridized carbons (Fsp3) is 0.368. The van der Waals surface area contributed by atoms with Gasteiger partial charge in [0.2, 0.25) is 12.3 Å². The van der Waals surface area contributed by atoms with E-state index in [1.165, 1.54) is 11.4 Å². The molecule has 2 heterocycles. The van der Waals surface area contributed by atoms with Crippen LogP contribution >= 0.6 is 0 Å². The van der Waals surface area contributed by atoms with E-state index >= 15 is 0 Å². The number of ether oxygens (including phenoxy) is 1. The third kappa shape index (κ3) is 3.21. The van der Waals surface area contributed by atoms with E-state index in [2.05, 4.69) is 34.4 Å². The summed E-state index contributed by atoms with van der Waals surface area (Å²) in [5.74, 6) is 0.958. The molecule has 1 aromatic carbocycles. The molecule has 23 heavy (non-hydrogen) atoms. The third-order valence-electron chi connectivity index (χ3n) is 4.27. The van der Waals surface area contributed by atoms with Gasteiger partial charge >= 0.3 is 0 Å². The number of ketones is 1. The summed E-state index contributed by atoms with van der Waals surface area (Å²) in [6, 6.07) is 11.6. The van der Waals surface area contributed by atoms with Crippen molar-refractivity contribution in [2.24, 2.45) is 0 Å². The van der Waals surface area contributed by atoms with Crippen LogP contribution in [0.15, 0.2) is 42.6 Å². The van der Waals surface area contributed by atoms with Crippen molar-refractivity contribution in [2.45, 2.75) is 26.8 Å². The lowest BCUT2D eigenvalue weighted by molar-refractivity contribution is -0.519. The van der Waals surface area contributed by atoms with Crippen LogP contribution in [0.1, 0.15) is 36.3 Å². The molecular weight excluding hydrogens is 288 g/mol. The van der Waals surface area contributed by atoms with Crippen LogP contribution in [-0.2, 0) is 6.54 Å². The van der Waals surface area contributed by atoms with Crippen molar-refractivity contribution in [2.75, 3.05) is 19.7 Å². The van der Waals surface area contributed by atoms with E-state index in [9.17, 15) is 4.79 Å². The van der Waals surface area contributed by atoms with Crippen molar-refractivity contribution < 1.29 is 14.1 Å². The summed E-state index contributed by atoms with van der Waals surface area (Å²) in [6.45, 7) is 6.98. The first-order valence-corrected chi connectivity index (χ1v) is 8.25. The van der Waals surface area contributed by atoms with Crippen molar-refractivity contribution in [1.82, 2.24) is 4.57 Å². The van der Waals surface area contributed by atoms with Crippen LogP contribution in [0.5, 0.6) is 5.75 Å². The summed E-state index contributed by atoms with van der Waals surface area (Å²) in [7, 11) is 0. The van der Waals surface area contributed by atoms with E-state index in [0.717, 1.165) is 30.8 Å². The number of rotatable bonds is 6. The Morgan fingerprint density at radius 3 is 2.70 bits per heavy atom. The molecule has 0 fully saturated rings. The van der Waals surface area contributed by atoms with Gasteiger partial charge in [-0.25, -0.2) is 4.58 Å². The minimum Gasteiger partial charge on any atom is -0.494 e. The van der Waals surface area contributed by atoms with Crippen LogP contribution in [0, 0.1) is 0 Å². The Bertz CT molecular complexity index is 726. The molecule has 0 saturated heterocycles. The first-order valence-electron chi connectivity index (χ1n) is 8.25. The predicted molar refractivity (Wildman–Crippen MR) is 90.8 cm³/mol. The highest BCUT2D eigenvalue weighted by atomic mass is 16.5. The molecule has 1 aliphatic rings. The number of hydrogen-bond acceptors (Lipinski definition) is 2. The van der Waals surface area contributed by atoms with Crippen molar-refractivity contribution >= 4 is 11.5 Å². The Morgan fingerprint density at radius 2 is 2.00 bits per heavy atom. The maximum absolute atomic E-state index is 12.6. The minimum absolute atomic E-state index is 0.152. The molecule has 0 unspecified atom stereocenters. The second-order valence-electron chi connectivity index (χ2n) is 5.69. The first-order chi connectivity index (χ1) is 11.2. The molecular formula is C19H23N2O2+. The van der Waals surface area contributed by atoms with Crippen molar-refractivity contribution in [3.05, 3.63) is 53.9 Å². The normalized spacial score (nSPS) is 13.8. The molecule has 0 spiro atoms. The molecule has 4 nitrogen and oxygen atoms in total. The molecule has 1 aliphatic heterocycles. The van der Waals surface area contributed by atoms with E-state index < -0.39 is 0 Å². The molecule has 1 aromatic heterocycles. The molecule has 0 aliphatic carbocycles. The average Bonchev–Trinajstić information content (AvgIpc) is 3.04. The van der Waals surface area contributed by atoms with Crippen LogP contribution in [0.25, 0.3) is 0 Å². The summed E-state index contributed by atoms with van der Waals surface area (Å²) in [5, 5.41) is 0. The average molecular weight is 311 g/mol. The zero-order valence-electron chi connectivity index (χ0n) is 13.8. The van der Waals surface area contributed by atoms with Crippen molar-refractivity contribution in [1.29, 1.82) is 0 Å². The standard InChI is InChI=1S/C19H23N2O2/c1-3-17-18-6-5-11-20(18)12-13-21(17)14-19(22)15-7-9-16(10-8-15)23-4-2/h5-11H,3-4,12-14H2,1-2H3/q+1. The van der Waals surface area contributed by atoms with Crippen LogP contribution in [-0.4, -0.2) is 40.3 Å². The Balaban J connectivity index is 1.79. The highest BCUT2D eigenvalue weighted by molar-refractivity contribution is 5.99. The summed E-state index contributed by atoms with van der Waals surface area (Å²) in [4.78, 5) is 12.6. The van der Waals surface area contributed by atoms with Gasteiger partial charge in [-0.15, -0.1) is 0 Å². The van der Waals surface area contributed by atoms with Crippen LogP contribution in [0.4, 0.5) is 0 Å². The predicted octanol–water partition coefficient (Wildman–Crippen LogP) is 2.99. The summed E-state index contributed by atoms with van der Waals surface area (Å²) in [6.07, 6.45) is 3.04. The summed E-state index contributed by atoms with van der Waals surface area (Å²) in [5.41, 5.74) is 3.23. The Labute approximate surface area is 137 Å². The lowest BCUT2D eigenvalue weighted by atomic mass is 10.1. The molecule has 0 radical (unpaired) electrons. The molecule has 0 N–H and O–H groups in total. The molecule has 0 saturated carbocycles. The number of aromatic nitrogens is 1. The number of hydrogen-bond donors (Lipinski definition) is 0. The molecule has 0 bridgehead atoms. The molecule has 2 aromatic rings. The van der Waals surface area contributed by atoms with Gasteiger partial charge in [-0.05, 0) is 43.3 Å². The third-order valence-corrected chi connectivity index (χ3v) is 4.27. The second-order valence-corrected chi connectivity index (χ2v) is 5.69. The van der Waals surface area contributed by atoms with Gasteiger partial charge in [0.05, 0.1) is 13.2 Å². The number of carbonyl (C=O) groups excluding carboxylic acids is 1. The molecule has 4 heteroatoms. The van der Waals surface area contributed by atoms with Gasteiger partial charge in [0.25, 0.3) is 0 Å². The highest BCUT2D eigenvalue weighted by Crippen LogP contribution is 2.15. The molecule has 3 rings (SSSR count). The highest BCUT2D eigenvalue weighted by Gasteiger charge is 2.26. The monoisotopic (exact) mass is 311 g/mol. The van der Waals surface area contributed by atoms with E-state index in [-0.39, 0.29) is 5.78 Å². The number of nitrogens with zero attached hydrogens (tertiary/aromatic N) is 2.